The predicted octanol–water partition coefficient (Wildman–Crippen LogP) is 3.57. The zero-order chi connectivity index (χ0) is 16.2. The van der Waals surface area contributed by atoms with Crippen LogP contribution in [0.1, 0.15) is 11.3 Å². The number of aromatic nitrogens is 1. The van der Waals surface area contributed by atoms with Crippen LogP contribution in [-0.2, 0) is 6.54 Å². The monoisotopic (exact) mass is 324 g/mol. The minimum absolute atomic E-state index is 0.317. The third kappa shape index (κ3) is 3.35. The Hall–Kier alpha value is -2.79. The van der Waals surface area contributed by atoms with Crippen molar-refractivity contribution in [3.63, 3.8) is 0 Å². The van der Waals surface area contributed by atoms with Crippen molar-refractivity contribution in [3.05, 3.63) is 82.0 Å². The molecule has 0 saturated heterocycles. The highest BCUT2D eigenvalue weighted by atomic mass is 32.1. The maximum Gasteiger partial charge on any atom is 0.224 e. The summed E-state index contributed by atoms with van der Waals surface area (Å²) in [6, 6.07) is 15.1. The van der Waals surface area contributed by atoms with Crippen LogP contribution in [-0.4, -0.2) is 10.1 Å². The summed E-state index contributed by atoms with van der Waals surface area (Å²) < 4.78 is 0. The molecule has 0 aliphatic heterocycles. The molecule has 0 spiro atoms. The van der Waals surface area contributed by atoms with Gasteiger partial charge in [0.2, 0.25) is 5.43 Å². The first-order valence-corrected chi connectivity index (χ1v) is 8.00. The van der Waals surface area contributed by atoms with Crippen molar-refractivity contribution in [3.8, 4) is 16.3 Å². The van der Waals surface area contributed by atoms with E-state index >= 15 is 0 Å². The molecule has 3 aromatic rings. The normalized spacial score (nSPS) is 10.4. The van der Waals surface area contributed by atoms with Crippen LogP contribution < -0.4 is 10.7 Å². The van der Waals surface area contributed by atoms with Gasteiger partial charge in [-0.05, 0) is 17.0 Å². The molecule has 23 heavy (non-hydrogen) atoms. The molecule has 2 aromatic heterocycles. The third-order valence-corrected chi connectivity index (χ3v) is 4.35. The van der Waals surface area contributed by atoms with Crippen molar-refractivity contribution in [1.82, 2.24) is 10.3 Å². The van der Waals surface area contributed by atoms with Crippen molar-refractivity contribution < 1.29 is 5.11 Å². The first kappa shape index (κ1) is 15.1. The van der Waals surface area contributed by atoms with Gasteiger partial charge in [0.15, 0.2) is 5.75 Å². The van der Waals surface area contributed by atoms with Gasteiger partial charge in [-0.25, -0.2) is 0 Å². The van der Waals surface area contributed by atoms with Crippen LogP contribution in [0.3, 0.4) is 0 Å². The second kappa shape index (κ2) is 6.54. The van der Waals surface area contributed by atoms with Crippen LogP contribution in [0.25, 0.3) is 16.3 Å². The Balaban J connectivity index is 1.86. The molecule has 116 valence electrons. The third-order valence-electron chi connectivity index (χ3n) is 3.44. The van der Waals surface area contributed by atoms with Crippen LogP contribution in [0, 0.1) is 0 Å². The minimum Gasteiger partial charge on any atom is -0.503 e. The second-order valence-electron chi connectivity index (χ2n) is 5.07. The molecule has 0 aliphatic carbocycles. The van der Waals surface area contributed by atoms with Crippen molar-refractivity contribution >= 4 is 17.0 Å². The summed E-state index contributed by atoms with van der Waals surface area (Å²) >= 11 is 1.52. The quantitative estimate of drug-likeness (QED) is 0.672. The molecule has 4 nitrogen and oxygen atoms in total. The van der Waals surface area contributed by atoms with E-state index in [9.17, 15) is 9.90 Å². The molecule has 0 amide bonds. The van der Waals surface area contributed by atoms with Crippen LogP contribution >= 0.6 is 11.3 Å². The van der Waals surface area contributed by atoms with Crippen molar-refractivity contribution in [2.45, 2.75) is 6.54 Å². The zero-order valence-corrected chi connectivity index (χ0v) is 13.2. The molecule has 2 heterocycles. The molecule has 0 saturated carbocycles. The van der Waals surface area contributed by atoms with Gasteiger partial charge in [-0.2, -0.15) is 0 Å². The number of aromatic amines is 1. The summed E-state index contributed by atoms with van der Waals surface area (Å²) in [5, 5.41) is 15.1. The van der Waals surface area contributed by atoms with E-state index in [0.29, 0.717) is 23.6 Å². The van der Waals surface area contributed by atoms with Gasteiger partial charge in [0.25, 0.3) is 0 Å². The Morgan fingerprint density at radius 1 is 1.22 bits per heavy atom. The first-order chi connectivity index (χ1) is 11.1. The Labute approximate surface area is 137 Å². The first-order valence-electron chi connectivity index (χ1n) is 7.12. The Bertz CT molecular complexity index is 868. The lowest BCUT2D eigenvalue weighted by atomic mass is 10.2. The second-order valence-corrected chi connectivity index (χ2v) is 6.01. The Kier molecular flexibility index (Phi) is 4.30. The minimum atomic E-state index is -0.426. The molecule has 1 aromatic carbocycles. The Morgan fingerprint density at radius 3 is 2.70 bits per heavy atom. The van der Waals surface area contributed by atoms with Crippen molar-refractivity contribution in [1.29, 1.82) is 0 Å². The summed E-state index contributed by atoms with van der Waals surface area (Å²) in [7, 11) is 0. The van der Waals surface area contributed by atoms with Gasteiger partial charge < -0.3 is 15.4 Å². The highest BCUT2D eigenvalue weighted by molar-refractivity contribution is 7.13. The predicted molar refractivity (Wildman–Crippen MR) is 94.4 cm³/mol. The zero-order valence-electron chi connectivity index (χ0n) is 12.4. The summed E-state index contributed by atoms with van der Waals surface area (Å²) in [6.07, 6.45) is 0. The number of nitrogens with one attached hydrogen (secondary N) is 2. The molecule has 0 atom stereocenters. The molecular formula is C18H16N2O2S. The number of pyridine rings is 1. The van der Waals surface area contributed by atoms with Gasteiger partial charge in [0.05, 0.1) is 16.3 Å². The number of rotatable bonds is 5. The maximum atomic E-state index is 12.0. The molecule has 0 radical (unpaired) electrons. The van der Waals surface area contributed by atoms with E-state index in [4.69, 9.17) is 0 Å². The topological polar surface area (TPSA) is 65.1 Å². The molecular weight excluding hydrogens is 308 g/mol. The van der Waals surface area contributed by atoms with Crippen LogP contribution in [0.5, 0.6) is 5.75 Å². The summed E-state index contributed by atoms with van der Waals surface area (Å²) in [4.78, 5) is 16.0. The molecule has 0 bridgehead atoms. The molecule has 0 fully saturated rings. The SMILES string of the molecule is C=C(NCc1ccccc1)c1[nH]c(-c2cccs2)cc(=O)c1O. The number of H-pyrrole nitrogens is 1. The summed E-state index contributed by atoms with van der Waals surface area (Å²) in [5.41, 5.74) is 2.12. The molecule has 5 heteroatoms. The molecule has 3 N–H and O–H groups in total. The smallest absolute Gasteiger partial charge is 0.224 e. The number of thiophene rings is 1. The van der Waals surface area contributed by atoms with Gasteiger partial charge in [0, 0.05) is 12.6 Å². The fourth-order valence-corrected chi connectivity index (χ4v) is 2.93. The number of hydrogen-bond acceptors (Lipinski definition) is 4. The van der Waals surface area contributed by atoms with Crippen LogP contribution in [0.15, 0.2) is 65.3 Å². The number of hydrogen-bond donors (Lipinski definition) is 3. The number of aromatic hydroxyl groups is 1. The van der Waals surface area contributed by atoms with Gasteiger partial charge in [0.1, 0.15) is 5.69 Å². The fourth-order valence-electron chi connectivity index (χ4n) is 2.23. The lowest BCUT2D eigenvalue weighted by molar-refractivity contribution is 0.465. The van der Waals surface area contributed by atoms with Gasteiger partial charge in [-0.3, -0.25) is 4.79 Å². The van der Waals surface area contributed by atoms with Gasteiger partial charge >= 0.3 is 0 Å². The lowest BCUT2D eigenvalue weighted by Crippen LogP contribution is -2.15. The Morgan fingerprint density at radius 2 is 2.00 bits per heavy atom. The maximum absolute atomic E-state index is 12.0. The van der Waals surface area contributed by atoms with E-state index in [1.807, 2.05) is 47.8 Å². The standard InChI is InChI=1S/C18H16N2O2S/c1-12(19-11-13-6-3-2-4-7-13)17-18(22)15(21)10-14(20-17)16-8-5-9-23-16/h2-10,19,22H,1,11H2,(H,20,21). The van der Waals surface area contributed by atoms with Gasteiger partial charge in [-0.15, -0.1) is 11.3 Å². The van der Waals surface area contributed by atoms with Gasteiger partial charge in [-0.1, -0.05) is 43.0 Å². The van der Waals surface area contributed by atoms with Crippen molar-refractivity contribution in [2.24, 2.45) is 0 Å². The highest BCUT2D eigenvalue weighted by Crippen LogP contribution is 2.25. The van der Waals surface area contributed by atoms with E-state index in [1.54, 1.807) is 0 Å². The molecule has 0 aliphatic rings. The van der Waals surface area contributed by atoms with E-state index in [-0.39, 0.29) is 5.75 Å². The lowest BCUT2D eigenvalue weighted by Gasteiger charge is -2.12. The van der Waals surface area contributed by atoms with Crippen LogP contribution in [0.2, 0.25) is 0 Å². The van der Waals surface area contributed by atoms with E-state index in [2.05, 4.69) is 16.9 Å². The number of benzene rings is 1. The largest absolute Gasteiger partial charge is 0.503 e. The molecule has 3 rings (SSSR count). The molecule has 0 unspecified atom stereocenters. The summed E-state index contributed by atoms with van der Waals surface area (Å²) in [6.45, 7) is 4.49. The van der Waals surface area contributed by atoms with E-state index in [0.717, 1.165) is 10.4 Å². The van der Waals surface area contributed by atoms with Crippen molar-refractivity contribution in [2.75, 3.05) is 0 Å². The summed E-state index contributed by atoms with van der Waals surface area (Å²) in [5.74, 6) is -0.323. The van der Waals surface area contributed by atoms with E-state index < -0.39 is 5.43 Å². The average Bonchev–Trinajstić information content (AvgIpc) is 3.10. The fraction of sp³-hybridized carbons (Fsp3) is 0.0556. The van der Waals surface area contributed by atoms with E-state index in [1.165, 1.54) is 17.4 Å². The highest BCUT2D eigenvalue weighted by Gasteiger charge is 2.12. The van der Waals surface area contributed by atoms with Crippen LogP contribution in [0.4, 0.5) is 0 Å². The average molecular weight is 324 g/mol.